The van der Waals surface area contributed by atoms with Gasteiger partial charge in [0.2, 0.25) is 0 Å². The van der Waals surface area contributed by atoms with Crippen LogP contribution in [0.4, 0.5) is 26.2 Å². The van der Waals surface area contributed by atoms with Crippen LogP contribution in [0.5, 0.6) is 0 Å². The van der Waals surface area contributed by atoms with Gasteiger partial charge in [0.05, 0.1) is 11.4 Å². The van der Waals surface area contributed by atoms with Crippen LogP contribution in [0, 0.1) is 5.82 Å². The van der Waals surface area contributed by atoms with Crippen molar-refractivity contribution in [2.75, 3.05) is 28.7 Å². The number of rotatable bonds is 5. The van der Waals surface area contributed by atoms with Gasteiger partial charge in [0.1, 0.15) is 17.1 Å². The highest BCUT2D eigenvalue weighted by molar-refractivity contribution is 7.95. The maximum Gasteiger partial charge on any atom is 0.410 e. The molecule has 30 heavy (non-hydrogen) atoms. The molecule has 0 fully saturated rings. The molecule has 1 amide bonds. The molecule has 0 radical (unpaired) electrons. The molecule has 7 nitrogen and oxygen atoms in total. The summed E-state index contributed by atoms with van der Waals surface area (Å²) in [6.45, 7) is 5.71. The van der Waals surface area contributed by atoms with Crippen molar-refractivity contribution in [2.45, 2.75) is 32.8 Å². The van der Waals surface area contributed by atoms with E-state index in [2.05, 4.69) is 0 Å². The molecule has 0 aromatic heterocycles. The van der Waals surface area contributed by atoms with E-state index < -0.39 is 27.7 Å². The van der Waals surface area contributed by atoms with Crippen molar-refractivity contribution >= 4 is 33.4 Å². The minimum absolute atomic E-state index is 0.00389. The Hall–Kier alpha value is -2.81. The molecule has 0 bridgehead atoms. The Balaban J connectivity index is 1.81. The molecular formula is C21H26FN3O4S. The molecule has 0 atom stereocenters. The van der Waals surface area contributed by atoms with Crippen molar-refractivity contribution < 1.29 is 22.3 Å². The standard InChI is InChI=1S/C21H26FN3O4S/c1-21(2,3)29-20(26)23(4)14-9-15-24-18-13-8-12-17(22)19(18)25(30(24,27)28)16-10-6-5-7-11-16/h5-8,10-13H,9,14-15H2,1-4H3. The van der Waals surface area contributed by atoms with Crippen molar-refractivity contribution in [1.29, 1.82) is 0 Å². The number of anilines is 3. The highest BCUT2D eigenvalue weighted by atomic mass is 32.2. The molecule has 0 saturated carbocycles. The largest absolute Gasteiger partial charge is 0.444 e. The first kappa shape index (κ1) is 21.9. The summed E-state index contributed by atoms with van der Waals surface area (Å²) in [7, 11) is -2.42. The summed E-state index contributed by atoms with van der Waals surface area (Å²) in [6, 6.07) is 12.7. The van der Waals surface area contributed by atoms with Gasteiger partial charge in [-0.25, -0.2) is 13.5 Å². The maximum absolute atomic E-state index is 14.7. The van der Waals surface area contributed by atoms with Gasteiger partial charge in [-0.15, -0.1) is 0 Å². The van der Waals surface area contributed by atoms with Gasteiger partial charge in [-0.05, 0) is 51.5 Å². The van der Waals surface area contributed by atoms with Crippen molar-refractivity contribution in [3.05, 3.63) is 54.3 Å². The van der Waals surface area contributed by atoms with Gasteiger partial charge in [0, 0.05) is 20.1 Å². The molecule has 2 aromatic carbocycles. The monoisotopic (exact) mass is 435 g/mol. The van der Waals surface area contributed by atoms with E-state index in [0.717, 1.165) is 4.31 Å². The predicted octanol–water partition coefficient (Wildman–Crippen LogP) is 4.29. The normalized spacial score (nSPS) is 15.1. The molecule has 1 aliphatic rings. The maximum atomic E-state index is 14.7. The lowest BCUT2D eigenvalue weighted by molar-refractivity contribution is 0.0298. The summed E-state index contributed by atoms with van der Waals surface area (Å²) >= 11 is 0. The lowest BCUT2D eigenvalue weighted by atomic mass is 10.2. The fourth-order valence-corrected chi connectivity index (χ4v) is 4.94. The molecule has 9 heteroatoms. The summed E-state index contributed by atoms with van der Waals surface area (Å²) in [6.07, 6.45) is -0.128. The Morgan fingerprint density at radius 2 is 1.77 bits per heavy atom. The Morgan fingerprint density at radius 3 is 2.40 bits per heavy atom. The average Bonchev–Trinajstić information content (AvgIpc) is 2.89. The molecule has 2 aromatic rings. The number of fused-ring (bicyclic) bond motifs is 1. The van der Waals surface area contributed by atoms with E-state index in [1.807, 2.05) is 0 Å². The first-order valence-electron chi connectivity index (χ1n) is 9.63. The zero-order valence-corrected chi connectivity index (χ0v) is 18.3. The highest BCUT2D eigenvalue weighted by Crippen LogP contribution is 2.46. The lowest BCUT2D eigenvalue weighted by Gasteiger charge is -2.25. The molecule has 1 heterocycles. The van der Waals surface area contributed by atoms with Crippen LogP contribution >= 0.6 is 0 Å². The van der Waals surface area contributed by atoms with Gasteiger partial charge in [-0.1, -0.05) is 24.3 Å². The predicted molar refractivity (Wildman–Crippen MR) is 115 cm³/mol. The van der Waals surface area contributed by atoms with Gasteiger partial charge in [-0.2, -0.15) is 8.42 Å². The average molecular weight is 436 g/mol. The number of carbonyl (C=O) groups excluding carboxylic acids is 1. The first-order chi connectivity index (χ1) is 14.0. The number of carbonyl (C=O) groups is 1. The zero-order valence-electron chi connectivity index (χ0n) is 17.5. The van der Waals surface area contributed by atoms with E-state index in [1.54, 1.807) is 64.2 Å². The summed E-state index contributed by atoms with van der Waals surface area (Å²) in [5.74, 6) is -0.617. The van der Waals surface area contributed by atoms with Crippen molar-refractivity contribution in [2.24, 2.45) is 0 Å². The van der Waals surface area contributed by atoms with Crippen molar-refractivity contribution in [1.82, 2.24) is 4.90 Å². The smallest absolute Gasteiger partial charge is 0.410 e. The number of para-hydroxylation sites is 2. The summed E-state index contributed by atoms with van der Waals surface area (Å²) in [4.78, 5) is 13.5. The number of hydrogen-bond donors (Lipinski definition) is 0. The second kappa shape index (κ2) is 8.14. The van der Waals surface area contributed by atoms with Crippen molar-refractivity contribution in [3.8, 4) is 0 Å². The van der Waals surface area contributed by atoms with E-state index in [1.165, 1.54) is 21.3 Å². The van der Waals surface area contributed by atoms with E-state index in [-0.39, 0.29) is 24.5 Å². The highest BCUT2D eigenvalue weighted by Gasteiger charge is 2.42. The molecule has 0 spiro atoms. The molecule has 0 saturated heterocycles. The lowest BCUT2D eigenvalue weighted by Crippen LogP contribution is -2.38. The Morgan fingerprint density at radius 1 is 1.10 bits per heavy atom. The third-order valence-corrected chi connectivity index (χ3v) is 6.29. The first-order valence-corrected chi connectivity index (χ1v) is 11.0. The number of hydrogen-bond acceptors (Lipinski definition) is 4. The van der Waals surface area contributed by atoms with E-state index in [0.29, 0.717) is 12.1 Å². The van der Waals surface area contributed by atoms with Gasteiger partial charge < -0.3 is 9.64 Å². The minimum atomic E-state index is -4.02. The van der Waals surface area contributed by atoms with Crippen LogP contribution in [0.25, 0.3) is 0 Å². The molecule has 162 valence electrons. The summed E-state index contributed by atoms with van der Waals surface area (Å²) in [5, 5.41) is 0. The molecule has 0 aliphatic carbocycles. The molecule has 3 rings (SSSR count). The minimum Gasteiger partial charge on any atom is -0.444 e. The van der Waals surface area contributed by atoms with Gasteiger partial charge in [0.25, 0.3) is 0 Å². The quantitative estimate of drug-likeness (QED) is 0.703. The summed E-state index contributed by atoms with van der Waals surface area (Å²) in [5.41, 5.74) is 0.0243. The topological polar surface area (TPSA) is 70.2 Å². The SMILES string of the molecule is CN(CCCN1c2cccc(F)c2N(c2ccccc2)S1(=O)=O)C(=O)OC(C)(C)C. The molecule has 0 N–H and O–H groups in total. The van der Waals surface area contributed by atoms with E-state index >= 15 is 0 Å². The zero-order chi connectivity index (χ0) is 22.1. The van der Waals surface area contributed by atoms with Gasteiger partial charge in [0.15, 0.2) is 0 Å². The fourth-order valence-electron chi connectivity index (χ4n) is 3.19. The number of halogens is 1. The molecule has 0 unspecified atom stereocenters. The Labute approximate surface area is 176 Å². The van der Waals surface area contributed by atoms with Crippen molar-refractivity contribution in [3.63, 3.8) is 0 Å². The number of nitrogens with zero attached hydrogens (tertiary/aromatic N) is 3. The third-order valence-electron chi connectivity index (χ3n) is 4.50. The van der Waals surface area contributed by atoms with Crippen LogP contribution in [0.2, 0.25) is 0 Å². The van der Waals surface area contributed by atoms with Crippen LogP contribution < -0.4 is 8.61 Å². The Kier molecular flexibility index (Phi) is 5.94. The Bertz CT molecular complexity index is 1020. The van der Waals surface area contributed by atoms with Crippen LogP contribution in [0.15, 0.2) is 48.5 Å². The number of benzene rings is 2. The van der Waals surface area contributed by atoms with Crippen LogP contribution in [0.1, 0.15) is 27.2 Å². The number of amides is 1. The second-order valence-corrected chi connectivity index (χ2v) is 9.74. The van der Waals surface area contributed by atoms with Crippen LogP contribution in [0.3, 0.4) is 0 Å². The van der Waals surface area contributed by atoms with E-state index in [4.69, 9.17) is 4.74 Å². The molecule has 1 aliphatic heterocycles. The summed E-state index contributed by atoms with van der Waals surface area (Å²) < 4.78 is 48.7. The molecular weight excluding hydrogens is 409 g/mol. The third kappa shape index (κ3) is 4.35. The van der Waals surface area contributed by atoms with Gasteiger partial charge in [-0.3, -0.25) is 4.31 Å². The van der Waals surface area contributed by atoms with E-state index in [9.17, 15) is 17.6 Å². The van der Waals surface area contributed by atoms with Crippen LogP contribution in [-0.2, 0) is 14.9 Å². The van der Waals surface area contributed by atoms with Gasteiger partial charge >= 0.3 is 16.3 Å². The number of ether oxygens (including phenoxy) is 1. The second-order valence-electron chi connectivity index (χ2n) is 8.04. The van der Waals surface area contributed by atoms with Crippen LogP contribution in [-0.4, -0.2) is 45.1 Å². The fraction of sp³-hybridized carbons (Fsp3) is 0.381.